The zero-order chi connectivity index (χ0) is 23.3. The third kappa shape index (κ3) is 6.00. The molecule has 166 valence electrons. The molecule has 0 saturated heterocycles. The fraction of sp³-hybridized carbons (Fsp3) is 0.261. The van der Waals surface area contributed by atoms with Gasteiger partial charge >= 0.3 is 5.97 Å². The first-order chi connectivity index (χ1) is 15.1. The molecule has 3 rings (SSSR count). The van der Waals surface area contributed by atoms with Crippen LogP contribution in [0, 0.1) is 0 Å². The summed E-state index contributed by atoms with van der Waals surface area (Å²) in [4.78, 5) is 40.0. The maximum Gasteiger partial charge on any atom is 0.308 e. The van der Waals surface area contributed by atoms with Gasteiger partial charge in [0, 0.05) is 30.3 Å². The molecule has 0 atom stereocenters. The Balaban J connectivity index is 1.59. The Kier molecular flexibility index (Phi) is 6.67. The van der Waals surface area contributed by atoms with Crippen molar-refractivity contribution in [3.05, 3.63) is 65.7 Å². The quantitative estimate of drug-likeness (QED) is 0.564. The van der Waals surface area contributed by atoms with E-state index in [2.05, 4.69) is 20.8 Å². The van der Waals surface area contributed by atoms with Crippen molar-refractivity contribution in [1.82, 2.24) is 10.1 Å². The van der Waals surface area contributed by atoms with Crippen LogP contribution in [0.3, 0.4) is 0 Å². The van der Waals surface area contributed by atoms with Crippen LogP contribution in [-0.2, 0) is 21.4 Å². The molecule has 0 aliphatic heterocycles. The van der Waals surface area contributed by atoms with E-state index in [0.717, 1.165) is 5.56 Å². The number of rotatable bonds is 6. The molecule has 0 aliphatic carbocycles. The predicted octanol–water partition coefficient (Wildman–Crippen LogP) is 3.73. The number of carbonyl (C=O) groups is 3. The number of hydrogen-bond acceptors (Lipinski definition) is 7. The number of hydrogen-bond donors (Lipinski definition) is 2. The molecule has 0 spiro atoms. The molecule has 2 heterocycles. The minimum Gasteiger partial charge on any atom is -0.424 e. The number of benzene rings is 1. The van der Waals surface area contributed by atoms with E-state index in [-0.39, 0.29) is 29.2 Å². The lowest BCUT2D eigenvalue weighted by Crippen LogP contribution is -2.17. The number of amides is 2. The van der Waals surface area contributed by atoms with Crippen molar-refractivity contribution in [3.63, 3.8) is 0 Å². The number of carbonyl (C=O) groups excluding carboxylic acids is 3. The van der Waals surface area contributed by atoms with Gasteiger partial charge in [0.2, 0.25) is 5.91 Å². The standard InChI is InChI=1S/C23H24N4O5/c1-14(28)31-17-6-5-11-24-21(17)22(30)25-16-9-7-15(8-10-16)12-20(29)26-19-13-18(32-27-19)23(2,3)4/h5-11,13H,12H2,1-4H3,(H,25,30)(H,26,27,29). The summed E-state index contributed by atoms with van der Waals surface area (Å²) in [5.41, 5.74) is 1.04. The molecule has 2 amide bonds. The third-order valence-corrected chi connectivity index (χ3v) is 4.33. The molecule has 32 heavy (non-hydrogen) atoms. The van der Waals surface area contributed by atoms with Gasteiger partial charge in [0.1, 0.15) is 5.76 Å². The second kappa shape index (κ2) is 9.42. The van der Waals surface area contributed by atoms with Gasteiger partial charge in [-0.25, -0.2) is 4.98 Å². The molecule has 9 heteroatoms. The summed E-state index contributed by atoms with van der Waals surface area (Å²) in [7, 11) is 0. The summed E-state index contributed by atoms with van der Waals surface area (Å²) in [6, 6.07) is 11.6. The van der Waals surface area contributed by atoms with Crippen LogP contribution in [0.2, 0.25) is 0 Å². The molecular formula is C23H24N4O5. The van der Waals surface area contributed by atoms with E-state index in [1.165, 1.54) is 19.2 Å². The normalized spacial score (nSPS) is 11.0. The molecule has 0 unspecified atom stereocenters. The lowest BCUT2D eigenvalue weighted by Gasteiger charge is -2.12. The summed E-state index contributed by atoms with van der Waals surface area (Å²) in [5.74, 6) is -0.188. The molecule has 0 bridgehead atoms. The van der Waals surface area contributed by atoms with Gasteiger partial charge in [-0.15, -0.1) is 0 Å². The van der Waals surface area contributed by atoms with Crippen LogP contribution in [0.4, 0.5) is 11.5 Å². The molecule has 1 aromatic carbocycles. The van der Waals surface area contributed by atoms with Crippen LogP contribution in [-0.4, -0.2) is 27.9 Å². The third-order valence-electron chi connectivity index (χ3n) is 4.33. The first-order valence-electron chi connectivity index (χ1n) is 9.92. The van der Waals surface area contributed by atoms with E-state index >= 15 is 0 Å². The second-order valence-electron chi connectivity index (χ2n) is 8.15. The Morgan fingerprint density at radius 2 is 1.78 bits per heavy atom. The van der Waals surface area contributed by atoms with E-state index in [0.29, 0.717) is 17.3 Å². The van der Waals surface area contributed by atoms with Crippen molar-refractivity contribution in [1.29, 1.82) is 0 Å². The SMILES string of the molecule is CC(=O)Oc1cccnc1C(=O)Nc1ccc(CC(=O)Nc2cc(C(C)(C)C)on2)cc1. The smallest absolute Gasteiger partial charge is 0.308 e. The van der Waals surface area contributed by atoms with E-state index in [9.17, 15) is 14.4 Å². The number of esters is 1. The number of pyridine rings is 1. The highest BCUT2D eigenvalue weighted by molar-refractivity contribution is 6.05. The van der Waals surface area contributed by atoms with Crippen LogP contribution in [0.5, 0.6) is 5.75 Å². The number of nitrogens with one attached hydrogen (secondary N) is 2. The van der Waals surface area contributed by atoms with Crippen molar-refractivity contribution in [3.8, 4) is 5.75 Å². The molecule has 0 fully saturated rings. The van der Waals surface area contributed by atoms with Crippen LogP contribution in [0.1, 0.15) is 49.5 Å². The lowest BCUT2D eigenvalue weighted by atomic mass is 9.93. The second-order valence-corrected chi connectivity index (χ2v) is 8.15. The number of aromatic nitrogens is 2. The van der Waals surface area contributed by atoms with Crippen molar-refractivity contribution in [2.24, 2.45) is 0 Å². The molecule has 3 aromatic rings. The maximum absolute atomic E-state index is 12.5. The van der Waals surface area contributed by atoms with Gasteiger partial charge in [-0.05, 0) is 29.8 Å². The fourth-order valence-corrected chi connectivity index (χ4v) is 2.75. The zero-order valence-electron chi connectivity index (χ0n) is 18.3. The first kappa shape index (κ1) is 22.7. The molecule has 0 aliphatic rings. The van der Waals surface area contributed by atoms with E-state index in [1.807, 2.05) is 20.8 Å². The Labute approximate surface area is 185 Å². The zero-order valence-corrected chi connectivity index (χ0v) is 18.3. The highest BCUT2D eigenvalue weighted by Gasteiger charge is 2.20. The topological polar surface area (TPSA) is 123 Å². The van der Waals surface area contributed by atoms with E-state index in [4.69, 9.17) is 9.26 Å². The Morgan fingerprint density at radius 1 is 1.06 bits per heavy atom. The molecule has 9 nitrogen and oxygen atoms in total. The number of ether oxygens (including phenoxy) is 1. The van der Waals surface area contributed by atoms with Crippen LogP contribution in [0.25, 0.3) is 0 Å². The van der Waals surface area contributed by atoms with Crippen LogP contribution >= 0.6 is 0 Å². The summed E-state index contributed by atoms with van der Waals surface area (Å²) in [5, 5.41) is 9.28. The van der Waals surface area contributed by atoms with Crippen LogP contribution < -0.4 is 15.4 Å². The average Bonchev–Trinajstić information content (AvgIpc) is 3.18. The molecule has 2 N–H and O–H groups in total. The molecule has 2 aromatic heterocycles. The largest absolute Gasteiger partial charge is 0.424 e. The Hall–Kier alpha value is -4.01. The highest BCUT2D eigenvalue weighted by atomic mass is 16.5. The molecule has 0 saturated carbocycles. The summed E-state index contributed by atoms with van der Waals surface area (Å²) < 4.78 is 10.3. The van der Waals surface area contributed by atoms with Gasteiger partial charge in [-0.3, -0.25) is 14.4 Å². The number of anilines is 2. The van der Waals surface area contributed by atoms with E-state index < -0.39 is 11.9 Å². The summed E-state index contributed by atoms with van der Waals surface area (Å²) >= 11 is 0. The van der Waals surface area contributed by atoms with Crippen molar-refractivity contribution in [2.45, 2.75) is 39.5 Å². The maximum atomic E-state index is 12.5. The van der Waals surface area contributed by atoms with Crippen molar-refractivity contribution in [2.75, 3.05) is 10.6 Å². The first-order valence-corrected chi connectivity index (χ1v) is 9.92. The molecular weight excluding hydrogens is 412 g/mol. The van der Waals surface area contributed by atoms with Crippen LogP contribution in [0.15, 0.2) is 53.2 Å². The van der Waals surface area contributed by atoms with Gasteiger partial charge in [0.15, 0.2) is 17.3 Å². The van der Waals surface area contributed by atoms with Gasteiger partial charge in [0.25, 0.3) is 5.91 Å². The fourth-order valence-electron chi connectivity index (χ4n) is 2.75. The average molecular weight is 436 g/mol. The van der Waals surface area contributed by atoms with Gasteiger partial charge in [0.05, 0.1) is 6.42 Å². The summed E-state index contributed by atoms with van der Waals surface area (Å²) in [6.45, 7) is 7.22. The summed E-state index contributed by atoms with van der Waals surface area (Å²) in [6.07, 6.45) is 1.56. The van der Waals surface area contributed by atoms with Gasteiger partial charge in [-0.1, -0.05) is 38.1 Å². The van der Waals surface area contributed by atoms with E-state index in [1.54, 1.807) is 36.4 Å². The number of nitrogens with zero attached hydrogens (tertiary/aromatic N) is 2. The van der Waals surface area contributed by atoms with Crippen molar-refractivity contribution < 1.29 is 23.6 Å². The van der Waals surface area contributed by atoms with Crippen molar-refractivity contribution >= 4 is 29.3 Å². The monoisotopic (exact) mass is 436 g/mol. The minimum atomic E-state index is -0.546. The minimum absolute atomic E-state index is 0.00612. The predicted molar refractivity (Wildman–Crippen MR) is 117 cm³/mol. The van der Waals surface area contributed by atoms with Gasteiger partial charge < -0.3 is 19.9 Å². The highest BCUT2D eigenvalue weighted by Crippen LogP contribution is 2.24. The lowest BCUT2D eigenvalue weighted by molar-refractivity contribution is -0.131. The van der Waals surface area contributed by atoms with Gasteiger partial charge in [-0.2, -0.15) is 0 Å². The molecule has 0 radical (unpaired) electrons. The Bertz CT molecular complexity index is 1130. The Morgan fingerprint density at radius 3 is 2.41 bits per heavy atom.